The summed E-state index contributed by atoms with van der Waals surface area (Å²) in [5.74, 6) is 0.655. The number of hydrogen-bond donors (Lipinski definition) is 3. The van der Waals surface area contributed by atoms with E-state index in [0.29, 0.717) is 12.1 Å². The second-order valence-corrected chi connectivity index (χ2v) is 6.73. The molecule has 3 N–H and O–H groups in total. The first-order valence-corrected chi connectivity index (χ1v) is 10.2. The number of likely N-dealkylation sites (N-methyl/N-ethyl adjacent to an activating group) is 1. The molecular weight excluding hydrogens is 489 g/mol. The average molecular weight is 523 g/mol. The highest BCUT2D eigenvalue weighted by Gasteiger charge is 2.18. The fraction of sp³-hybridized carbons (Fsp3) is 0.391. The second kappa shape index (κ2) is 14.0. The minimum Gasteiger partial charge on any atom is -0.355 e. The Bertz CT molecular complexity index is 793. The first-order chi connectivity index (χ1) is 14.1. The molecule has 0 aliphatic carbocycles. The third kappa shape index (κ3) is 7.60. The second-order valence-electron chi connectivity index (χ2n) is 6.73. The molecule has 0 spiro atoms. The Morgan fingerprint density at radius 2 is 1.73 bits per heavy atom. The van der Waals surface area contributed by atoms with Crippen molar-refractivity contribution in [1.82, 2.24) is 20.9 Å². The normalized spacial score (nSPS) is 12.1. The van der Waals surface area contributed by atoms with E-state index in [-0.39, 0.29) is 35.9 Å². The Morgan fingerprint density at radius 3 is 2.33 bits per heavy atom. The van der Waals surface area contributed by atoms with Crippen molar-refractivity contribution in [2.75, 3.05) is 33.7 Å². The van der Waals surface area contributed by atoms with Gasteiger partial charge in [0.25, 0.3) is 5.91 Å². The van der Waals surface area contributed by atoms with Gasteiger partial charge in [-0.1, -0.05) is 56.3 Å². The van der Waals surface area contributed by atoms with Gasteiger partial charge in [0.05, 0.1) is 6.04 Å². The number of amides is 1. The molecule has 0 aliphatic heterocycles. The summed E-state index contributed by atoms with van der Waals surface area (Å²) in [6.45, 7) is 7.68. The smallest absolute Gasteiger partial charge is 0.251 e. The number of nitrogens with zero attached hydrogens (tertiary/aromatic N) is 2. The molecule has 30 heavy (non-hydrogen) atoms. The number of rotatable bonds is 9. The van der Waals surface area contributed by atoms with Gasteiger partial charge in [-0.15, -0.1) is 24.0 Å². The number of guanidine groups is 1. The zero-order valence-corrected chi connectivity index (χ0v) is 20.6. The van der Waals surface area contributed by atoms with Crippen LogP contribution in [0.5, 0.6) is 0 Å². The Kier molecular flexibility index (Phi) is 12.1. The highest BCUT2D eigenvalue weighted by molar-refractivity contribution is 14.0. The maximum absolute atomic E-state index is 11.8. The molecule has 2 aromatic carbocycles. The maximum atomic E-state index is 11.8. The van der Waals surface area contributed by atoms with E-state index in [2.05, 4.69) is 64.0 Å². The molecule has 164 valence electrons. The van der Waals surface area contributed by atoms with Crippen molar-refractivity contribution in [2.24, 2.45) is 4.99 Å². The van der Waals surface area contributed by atoms with Crippen LogP contribution in [0.2, 0.25) is 0 Å². The van der Waals surface area contributed by atoms with Gasteiger partial charge in [-0.3, -0.25) is 14.7 Å². The Balaban J connectivity index is 0.00000450. The van der Waals surface area contributed by atoms with Crippen LogP contribution in [0.25, 0.3) is 0 Å². The van der Waals surface area contributed by atoms with Crippen LogP contribution in [0.3, 0.4) is 0 Å². The fourth-order valence-electron chi connectivity index (χ4n) is 3.36. The summed E-state index contributed by atoms with van der Waals surface area (Å²) in [5.41, 5.74) is 2.97. The summed E-state index contributed by atoms with van der Waals surface area (Å²) in [4.78, 5) is 18.6. The fourth-order valence-corrected chi connectivity index (χ4v) is 3.36. The molecule has 0 bridgehead atoms. The van der Waals surface area contributed by atoms with Crippen LogP contribution in [-0.4, -0.2) is 50.5 Å². The van der Waals surface area contributed by atoms with Crippen LogP contribution in [-0.2, 0) is 6.54 Å². The molecule has 0 saturated heterocycles. The van der Waals surface area contributed by atoms with E-state index < -0.39 is 0 Å². The third-order valence-electron chi connectivity index (χ3n) is 5.00. The molecule has 1 atom stereocenters. The number of benzene rings is 2. The van der Waals surface area contributed by atoms with Gasteiger partial charge in [-0.25, -0.2) is 0 Å². The van der Waals surface area contributed by atoms with Crippen molar-refractivity contribution in [3.05, 3.63) is 71.3 Å². The van der Waals surface area contributed by atoms with Crippen molar-refractivity contribution < 1.29 is 4.79 Å². The quantitative estimate of drug-likeness (QED) is 0.268. The van der Waals surface area contributed by atoms with Gasteiger partial charge in [0.2, 0.25) is 0 Å². The topological polar surface area (TPSA) is 68.8 Å². The lowest BCUT2D eigenvalue weighted by Crippen LogP contribution is -2.43. The van der Waals surface area contributed by atoms with Crippen LogP contribution in [0.4, 0.5) is 0 Å². The van der Waals surface area contributed by atoms with Gasteiger partial charge in [0.15, 0.2) is 5.96 Å². The predicted molar refractivity (Wildman–Crippen MR) is 136 cm³/mol. The number of aliphatic imine (C=N–C) groups is 1. The van der Waals surface area contributed by atoms with Gasteiger partial charge >= 0.3 is 0 Å². The SMILES string of the molecule is CCN(CC)C(CNC(=NC)NCc1cccc(C(=O)NC)c1)c1ccccc1.I. The number of carbonyl (C=O) groups is 1. The first-order valence-electron chi connectivity index (χ1n) is 10.2. The van der Waals surface area contributed by atoms with E-state index >= 15 is 0 Å². The van der Waals surface area contributed by atoms with E-state index in [9.17, 15) is 4.79 Å². The Labute approximate surface area is 197 Å². The monoisotopic (exact) mass is 523 g/mol. The summed E-state index contributed by atoms with van der Waals surface area (Å²) < 4.78 is 0. The van der Waals surface area contributed by atoms with Crippen LogP contribution in [0, 0.1) is 0 Å². The molecule has 6 nitrogen and oxygen atoms in total. The summed E-state index contributed by atoms with van der Waals surface area (Å²) >= 11 is 0. The molecule has 1 unspecified atom stereocenters. The molecule has 0 saturated carbocycles. The molecule has 2 rings (SSSR count). The largest absolute Gasteiger partial charge is 0.355 e. The van der Waals surface area contributed by atoms with Crippen LogP contribution < -0.4 is 16.0 Å². The maximum Gasteiger partial charge on any atom is 0.251 e. The lowest BCUT2D eigenvalue weighted by Gasteiger charge is -2.30. The summed E-state index contributed by atoms with van der Waals surface area (Å²) in [6, 6.07) is 18.4. The summed E-state index contributed by atoms with van der Waals surface area (Å²) in [5, 5.41) is 9.45. The first kappa shape index (κ1) is 25.9. The molecular formula is C23H34IN5O. The minimum absolute atomic E-state index is 0. The molecule has 1 amide bonds. The van der Waals surface area contributed by atoms with Crippen LogP contribution >= 0.6 is 24.0 Å². The molecule has 0 aromatic heterocycles. The third-order valence-corrected chi connectivity index (χ3v) is 5.00. The highest BCUT2D eigenvalue weighted by atomic mass is 127. The van der Waals surface area contributed by atoms with Crippen LogP contribution in [0.1, 0.15) is 41.4 Å². The zero-order chi connectivity index (χ0) is 21.1. The number of nitrogens with one attached hydrogen (secondary N) is 3. The molecule has 0 radical (unpaired) electrons. The van der Waals surface area contributed by atoms with Crippen molar-refractivity contribution in [2.45, 2.75) is 26.4 Å². The van der Waals surface area contributed by atoms with Crippen molar-refractivity contribution >= 4 is 35.8 Å². The lowest BCUT2D eigenvalue weighted by molar-refractivity contribution is 0.0963. The van der Waals surface area contributed by atoms with Gasteiger partial charge < -0.3 is 16.0 Å². The summed E-state index contributed by atoms with van der Waals surface area (Å²) in [7, 11) is 3.41. The van der Waals surface area contributed by atoms with E-state index in [1.54, 1.807) is 14.1 Å². The van der Waals surface area contributed by atoms with Gasteiger partial charge in [-0.05, 0) is 36.3 Å². The van der Waals surface area contributed by atoms with Gasteiger partial charge in [0.1, 0.15) is 0 Å². The zero-order valence-electron chi connectivity index (χ0n) is 18.3. The molecule has 7 heteroatoms. The highest BCUT2D eigenvalue weighted by Crippen LogP contribution is 2.19. The molecule has 2 aromatic rings. The van der Waals surface area contributed by atoms with Crippen molar-refractivity contribution in [3.8, 4) is 0 Å². The van der Waals surface area contributed by atoms with E-state index in [1.165, 1.54) is 5.56 Å². The van der Waals surface area contributed by atoms with Gasteiger partial charge in [0, 0.05) is 32.7 Å². The number of carbonyl (C=O) groups excluding carboxylic acids is 1. The molecule has 0 aliphatic rings. The van der Waals surface area contributed by atoms with E-state index in [0.717, 1.165) is 31.2 Å². The lowest BCUT2D eigenvalue weighted by atomic mass is 10.1. The Morgan fingerprint density at radius 1 is 1.03 bits per heavy atom. The van der Waals surface area contributed by atoms with E-state index in [1.807, 2.05) is 30.3 Å². The Hall–Kier alpha value is -2.13. The van der Waals surface area contributed by atoms with Crippen molar-refractivity contribution in [3.63, 3.8) is 0 Å². The van der Waals surface area contributed by atoms with E-state index in [4.69, 9.17) is 0 Å². The van der Waals surface area contributed by atoms with Gasteiger partial charge in [-0.2, -0.15) is 0 Å². The standard InChI is InChI=1S/C23H33N5O.HI/c1-5-28(6-2)21(19-12-8-7-9-13-19)17-27-23(25-4)26-16-18-11-10-14-20(15-18)22(29)24-3;/h7-15,21H,5-6,16-17H2,1-4H3,(H,24,29)(H2,25,26,27);1H. The number of halogens is 1. The predicted octanol–water partition coefficient (Wildman–Crippen LogP) is 3.41. The van der Waals surface area contributed by atoms with Crippen LogP contribution in [0.15, 0.2) is 59.6 Å². The molecule has 0 heterocycles. The van der Waals surface area contributed by atoms with Crippen molar-refractivity contribution in [1.29, 1.82) is 0 Å². The average Bonchev–Trinajstić information content (AvgIpc) is 2.78. The number of hydrogen-bond acceptors (Lipinski definition) is 3. The minimum atomic E-state index is -0.0840. The summed E-state index contributed by atoms with van der Waals surface area (Å²) in [6.07, 6.45) is 0. The molecule has 0 fully saturated rings.